The Morgan fingerprint density at radius 1 is 0.875 bits per heavy atom. The molecule has 4 aromatic rings. The van der Waals surface area contributed by atoms with Crippen molar-refractivity contribution in [2.24, 2.45) is 0 Å². The summed E-state index contributed by atoms with van der Waals surface area (Å²) in [5.41, 5.74) is 5.30. The van der Waals surface area contributed by atoms with Crippen molar-refractivity contribution in [3.63, 3.8) is 0 Å². The van der Waals surface area contributed by atoms with Gasteiger partial charge in [0.05, 0.1) is 10.6 Å². The topological polar surface area (TPSA) is 68.2 Å². The van der Waals surface area contributed by atoms with Gasteiger partial charge in [-0.25, -0.2) is 8.42 Å². The molecule has 1 N–H and O–H groups in total. The van der Waals surface area contributed by atoms with Crippen LogP contribution in [0.15, 0.2) is 77.8 Å². The number of rotatable bonds is 6. The molecule has 0 aliphatic carbocycles. The molecule has 0 aliphatic heterocycles. The number of amides is 1. The van der Waals surface area contributed by atoms with Crippen LogP contribution in [0.3, 0.4) is 0 Å². The van der Waals surface area contributed by atoms with Gasteiger partial charge in [0.1, 0.15) is 6.54 Å². The Bertz CT molecular complexity index is 1420. The van der Waals surface area contributed by atoms with Crippen molar-refractivity contribution in [2.75, 3.05) is 5.32 Å². The minimum absolute atomic E-state index is 0.0216. The van der Waals surface area contributed by atoms with Crippen LogP contribution >= 0.6 is 0 Å². The molecular formula is C26H26N2O3S. The van der Waals surface area contributed by atoms with Gasteiger partial charge in [-0.2, -0.15) is 0 Å². The van der Waals surface area contributed by atoms with Gasteiger partial charge in [-0.1, -0.05) is 54.6 Å². The lowest BCUT2D eigenvalue weighted by Crippen LogP contribution is -2.19. The summed E-state index contributed by atoms with van der Waals surface area (Å²) in [5.74, 6) is -0.287. The summed E-state index contributed by atoms with van der Waals surface area (Å²) in [5, 5.41) is 3.58. The van der Waals surface area contributed by atoms with E-state index in [0.717, 1.165) is 27.9 Å². The third-order valence-electron chi connectivity index (χ3n) is 5.89. The predicted molar refractivity (Wildman–Crippen MR) is 129 cm³/mol. The summed E-state index contributed by atoms with van der Waals surface area (Å²) in [6, 6.07) is 20.5. The van der Waals surface area contributed by atoms with Crippen LogP contribution in [-0.2, 0) is 26.9 Å². The second-order valence-corrected chi connectivity index (χ2v) is 10.1. The summed E-state index contributed by atoms with van der Waals surface area (Å²) in [6.45, 7) is 5.89. The van der Waals surface area contributed by atoms with E-state index < -0.39 is 9.84 Å². The average molecular weight is 447 g/mol. The highest BCUT2D eigenvalue weighted by Crippen LogP contribution is 2.29. The Balaban J connectivity index is 1.66. The lowest BCUT2D eigenvalue weighted by atomic mass is 10.1. The van der Waals surface area contributed by atoms with E-state index in [4.69, 9.17) is 0 Å². The number of carbonyl (C=O) groups excluding carboxylic acids is 1. The van der Waals surface area contributed by atoms with Gasteiger partial charge in [-0.3, -0.25) is 4.79 Å². The molecule has 32 heavy (non-hydrogen) atoms. The fourth-order valence-electron chi connectivity index (χ4n) is 3.88. The van der Waals surface area contributed by atoms with Crippen molar-refractivity contribution in [3.8, 4) is 0 Å². The van der Waals surface area contributed by atoms with Gasteiger partial charge < -0.3 is 9.88 Å². The number of nitrogens with one attached hydrogen (secondary N) is 1. The number of aryl methyl sites for hydroxylation is 2. The molecule has 5 nitrogen and oxygen atoms in total. The molecule has 0 saturated carbocycles. The van der Waals surface area contributed by atoms with Crippen molar-refractivity contribution < 1.29 is 13.2 Å². The molecule has 0 bridgehead atoms. The Morgan fingerprint density at radius 2 is 1.56 bits per heavy atom. The molecule has 0 unspecified atom stereocenters. The number of fused-ring (bicyclic) bond motifs is 1. The number of para-hydroxylation sites is 1. The number of sulfone groups is 1. The van der Waals surface area contributed by atoms with Crippen molar-refractivity contribution in [3.05, 3.63) is 95.2 Å². The zero-order valence-corrected chi connectivity index (χ0v) is 19.2. The maximum Gasteiger partial charge on any atom is 0.244 e. The van der Waals surface area contributed by atoms with Crippen molar-refractivity contribution in [1.82, 2.24) is 4.57 Å². The van der Waals surface area contributed by atoms with Crippen LogP contribution in [-0.4, -0.2) is 18.9 Å². The lowest BCUT2D eigenvalue weighted by Gasteiger charge is -2.11. The summed E-state index contributed by atoms with van der Waals surface area (Å²) in [4.78, 5) is 13.0. The summed E-state index contributed by atoms with van der Waals surface area (Å²) < 4.78 is 28.4. The number of anilines is 1. The quantitative estimate of drug-likeness (QED) is 0.444. The zero-order valence-electron chi connectivity index (χ0n) is 18.4. The van der Waals surface area contributed by atoms with Crippen LogP contribution in [0.25, 0.3) is 10.9 Å². The summed E-state index contributed by atoms with van der Waals surface area (Å²) >= 11 is 0. The zero-order chi connectivity index (χ0) is 22.9. The van der Waals surface area contributed by atoms with Crippen LogP contribution in [0.4, 0.5) is 5.69 Å². The minimum Gasteiger partial charge on any atom is -0.337 e. The highest BCUT2D eigenvalue weighted by Gasteiger charge is 2.23. The Morgan fingerprint density at radius 3 is 2.34 bits per heavy atom. The highest BCUT2D eigenvalue weighted by atomic mass is 32.2. The molecule has 0 radical (unpaired) electrons. The molecule has 0 atom stereocenters. The third kappa shape index (κ3) is 4.32. The van der Waals surface area contributed by atoms with Crippen LogP contribution < -0.4 is 5.32 Å². The second-order valence-electron chi connectivity index (χ2n) is 8.12. The van der Waals surface area contributed by atoms with Crippen LogP contribution in [0, 0.1) is 20.8 Å². The van der Waals surface area contributed by atoms with Crippen LogP contribution in [0.2, 0.25) is 0 Å². The normalized spacial score (nSPS) is 11.6. The van der Waals surface area contributed by atoms with Gasteiger partial charge >= 0.3 is 0 Å². The van der Waals surface area contributed by atoms with Gasteiger partial charge in [0, 0.05) is 22.8 Å². The Labute approximate surface area is 188 Å². The van der Waals surface area contributed by atoms with Crippen molar-refractivity contribution >= 4 is 32.3 Å². The van der Waals surface area contributed by atoms with E-state index in [9.17, 15) is 13.2 Å². The second kappa shape index (κ2) is 8.63. The fourth-order valence-corrected chi connectivity index (χ4v) is 5.56. The van der Waals surface area contributed by atoms with E-state index in [0.29, 0.717) is 10.9 Å². The summed E-state index contributed by atoms with van der Waals surface area (Å²) in [6.07, 6.45) is 1.58. The maximum absolute atomic E-state index is 13.3. The van der Waals surface area contributed by atoms with Crippen molar-refractivity contribution in [1.29, 1.82) is 0 Å². The Hall–Kier alpha value is -3.38. The molecule has 1 heterocycles. The molecular weight excluding hydrogens is 420 g/mol. The summed E-state index contributed by atoms with van der Waals surface area (Å²) in [7, 11) is -3.60. The number of carbonyl (C=O) groups is 1. The van der Waals surface area contributed by atoms with Crippen LogP contribution in [0.1, 0.15) is 22.3 Å². The van der Waals surface area contributed by atoms with Gasteiger partial charge in [0.15, 0.2) is 9.84 Å². The molecule has 0 saturated heterocycles. The molecule has 0 spiro atoms. The maximum atomic E-state index is 13.3. The van der Waals surface area contributed by atoms with Gasteiger partial charge in [-0.05, 0) is 55.2 Å². The lowest BCUT2D eigenvalue weighted by molar-refractivity contribution is -0.116. The average Bonchev–Trinajstić information content (AvgIpc) is 3.12. The molecule has 4 rings (SSSR count). The molecule has 6 heteroatoms. The highest BCUT2D eigenvalue weighted by molar-refractivity contribution is 7.90. The number of benzene rings is 3. The first-order chi connectivity index (χ1) is 15.3. The van der Waals surface area contributed by atoms with E-state index in [1.165, 1.54) is 0 Å². The fraction of sp³-hybridized carbons (Fsp3) is 0.192. The molecule has 0 aliphatic rings. The van der Waals surface area contributed by atoms with E-state index in [1.807, 2.05) is 81.4 Å². The molecule has 0 fully saturated rings. The molecule has 164 valence electrons. The third-order valence-corrected chi connectivity index (χ3v) is 7.57. The van der Waals surface area contributed by atoms with Gasteiger partial charge in [0.2, 0.25) is 5.91 Å². The molecule has 1 aromatic heterocycles. The Kier molecular flexibility index (Phi) is 5.89. The van der Waals surface area contributed by atoms with E-state index in [1.54, 1.807) is 16.8 Å². The first-order valence-corrected chi connectivity index (χ1v) is 12.1. The first kappa shape index (κ1) is 21.8. The SMILES string of the molecule is Cc1ccccc1CS(=O)(=O)c1cn(CC(=O)Nc2cccc(C)c2C)c2ccccc12. The standard InChI is InChI=1S/C26H26N2O3S/c1-18-10-8-13-23(20(18)3)27-26(29)16-28-15-25(22-12-6-7-14-24(22)28)32(30,31)17-21-11-5-4-9-19(21)2/h4-15H,16-17H2,1-3H3,(H,27,29). The first-order valence-electron chi connectivity index (χ1n) is 10.5. The van der Waals surface area contributed by atoms with E-state index >= 15 is 0 Å². The van der Waals surface area contributed by atoms with E-state index in [-0.39, 0.29) is 23.1 Å². The molecule has 1 amide bonds. The smallest absolute Gasteiger partial charge is 0.244 e. The predicted octanol–water partition coefficient (Wildman–Crippen LogP) is 5.18. The number of hydrogen-bond acceptors (Lipinski definition) is 3. The minimum atomic E-state index is -3.60. The largest absolute Gasteiger partial charge is 0.337 e. The van der Waals surface area contributed by atoms with Crippen LogP contribution in [0.5, 0.6) is 0 Å². The van der Waals surface area contributed by atoms with Crippen molar-refractivity contribution in [2.45, 2.75) is 38.0 Å². The monoisotopic (exact) mass is 446 g/mol. The number of aromatic nitrogens is 1. The number of nitrogens with zero attached hydrogens (tertiary/aromatic N) is 1. The van der Waals surface area contributed by atoms with Gasteiger partial charge in [-0.15, -0.1) is 0 Å². The van der Waals surface area contributed by atoms with Gasteiger partial charge in [0.25, 0.3) is 0 Å². The number of hydrogen-bond donors (Lipinski definition) is 1. The molecule has 3 aromatic carbocycles. The van der Waals surface area contributed by atoms with E-state index in [2.05, 4.69) is 5.32 Å².